The van der Waals surface area contributed by atoms with Gasteiger partial charge in [-0.05, 0) is 73.3 Å². The maximum atomic E-state index is 11.5. The van der Waals surface area contributed by atoms with E-state index in [9.17, 15) is 13.0 Å². The van der Waals surface area contributed by atoms with Crippen LogP contribution < -0.4 is 0 Å². The van der Waals surface area contributed by atoms with Crippen molar-refractivity contribution in [1.29, 1.82) is 0 Å². The third-order valence-electron chi connectivity index (χ3n) is 4.14. The van der Waals surface area contributed by atoms with E-state index in [0.717, 1.165) is 60.8 Å². The summed E-state index contributed by atoms with van der Waals surface area (Å²) in [5.74, 6) is 0. The van der Waals surface area contributed by atoms with Crippen LogP contribution in [0.5, 0.6) is 0 Å². The fraction of sp³-hybridized carbons (Fsp3) is 0.538. The zero-order valence-corrected chi connectivity index (χ0v) is 10.7. The predicted octanol–water partition coefficient (Wildman–Crippen LogP) is 1.88. The number of hydrogen-bond donors (Lipinski definition) is 0. The molecule has 0 bridgehead atoms. The van der Waals surface area contributed by atoms with Gasteiger partial charge >= 0.3 is 0 Å². The highest BCUT2D eigenvalue weighted by Gasteiger charge is 2.29. The fourth-order valence-corrected chi connectivity index (χ4v) is 4.54. The molecule has 0 saturated carbocycles. The van der Waals surface area contributed by atoms with Gasteiger partial charge in [0.15, 0.2) is 0 Å². The summed E-state index contributed by atoms with van der Waals surface area (Å²) >= 11 is 0. The van der Waals surface area contributed by atoms with E-state index >= 15 is 0 Å². The molecule has 0 amide bonds. The van der Waals surface area contributed by atoms with E-state index in [2.05, 4.69) is 6.92 Å². The Morgan fingerprint density at radius 2 is 1.29 bits per heavy atom. The van der Waals surface area contributed by atoms with Crippen molar-refractivity contribution in [3.63, 3.8) is 0 Å². The highest BCUT2D eigenvalue weighted by atomic mass is 32.2. The Morgan fingerprint density at radius 1 is 0.882 bits per heavy atom. The minimum Gasteiger partial charge on any atom is -0.744 e. The molecule has 2 aliphatic rings. The molecular formula is C13H15O3S-. The SMILES string of the molecule is Cc1c2c(c(S(=O)(=O)[O-])c3c1CCC3)CCC2. The molecule has 17 heavy (non-hydrogen) atoms. The number of hydrogen-bond acceptors (Lipinski definition) is 3. The lowest BCUT2D eigenvalue weighted by Crippen LogP contribution is -2.10. The molecule has 0 spiro atoms. The van der Waals surface area contributed by atoms with Crippen molar-refractivity contribution in [2.75, 3.05) is 0 Å². The van der Waals surface area contributed by atoms with Crippen molar-refractivity contribution >= 4 is 10.1 Å². The lowest BCUT2D eigenvalue weighted by atomic mass is 9.95. The first-order chi connectivity index (χ1) is 8.00. The summed E-state index contributed by atoms with van der Waals surface area (Å²) < 4.78 is 34.5. The van der Waals surface area contributed by atoms with Gasteiger partial charge < -0.3 is 4.55 Å². The average molecular weight is 251 g/mol. The van der Waals surface area contributed by atoms with Crippen LogP contribution in [0, 0.1) is 6.92 Å². The third-order valence-corrected chi connectivity index (χ3v) is 5.13. The van der Waals surface area contributed by atoms with Crippen molar-refractivity contribution in [3.05, 3.63) is 27.8 Å². The van der Waals surface area contributed by atoms with Crippen LogP contribution in [0.15, 0.2) is 4.90 Å². The number of benzene rings is 1. The zero-order valence-electron chi connectivity index (χ0n) is 9.88. The van der Waals surface area contributed by atoms with E-state index in [1.165, 1.54) is 5.56 Å². The van der Waals surface area contributed by atoms with Crippen molar-refractivity contribution < 1.29 is 13.0 Å². The summed E-state index contributed by atoms with van der Waals surface area (Å²) in [6.07, 6.45) is 5.30. The molecule has 0 aliphatic heterocycles. The lowest BCUT2D eigenvalue weighted by molar-refractivity contribution is 0.461. The Morgan fingerprint density at radius 3 is 1.71 bits per heavy atom. The molecule has 0 fully saturated rings. The smallest absolute Gasteiger partial charge is 0.124 e. The maximum Gasteiger partial charge on any atom is 0.124 e. The van der Waals surface area contributed by atoms with Gasteiger partial charge in [0.25, 0.3) is 0 Å². The van der Waals surface area contributed by atoms with Gasteiger partial charge in [-0.15, -0.1) is 0 Å². The fourth-order valence-electron chi connectivity index (χ4n) is 3.48. The Bertz CT molecular complexity index is 565. The highest BCUT2D eigenvalue weighted by Crippen LogP contribution is 2.40. The minimum atomic E-state index is -4.32. The van der Waals surface area contributed by atoms with Crippen LogP contribution in [0.4, 0.5) is 0 Å². The Labute approximate surface area is 102 Å². The second-order valence-corrected chi connectivity index (χ2v) is 6.35. The van der Waals surface area contributed by atoms with Crippen LogP contribution in [-0.2, 0) is 35.8 Å². The predicted molar refractivity (Wildman–Crippen MR) is 63.2 cm³/mol. The van der Waals surface area contributed by atoms with E-state index < -0.39 is 10.1 Å². The molecule has 0 saturated heterocycles. The van der Waals surface area contributed by atoms with Crippen molar-refractivity contribution in [3.8, 4) is 0 Å². The molecule has 3 rings (SSSR count). The molecule has 3 nitrogen and oxygen atoms in total. The molecule has 0 radical (unpaired) electrons. The van der Waals surface area contributed by atoms with Gasteiger partial charge in [-0.25, -0.2) is 8.42 Å². The normalized spacial score (nSPS) is 18.2. The molecule has 4 heteroatoms. The molecule has 92 valence electrons. The van der Waals surface area contributed by atoms with Crippen molar-refractivity contribution in [2.24, 2.45) is 0 Å². The monoisotopic (exact) mass is 251 g/mol. The van der Waals surface area contributed by atoms with Crippen molar-refractivity contribution in [2.45, 2.75) is 50.3 Å². The maximum absolute atomic E-state index is 11.5. The van der Waals surface area contributed by atoms with Gasteiger partial charge in [0, 0.05) is 0 Å². The summed E-state index contributed by atoms with van der Waals surface area (Å²) in [5.41, 5.74) is 5.19. The van der Waals surface area contributed by atoms with Crippen molar-refractivity contribution in [1.82, 2.24) is 0 Å². The van der Waals surface area contributed by atoms with Gasteiger partial charge in [0.2, 0.25) is 0 Å². The molecule has 2 aliphatic carbocycles. The first kappa shape index (κ1) is 11.2. The molecule has 1 aromatic carbocycles. The Hall–Kier alpha value is -0.870. The summed E-state index contributed by atoms with van der Waals surface area (Å²) in [6, 6.07) is 0. The summed E-state index contributed by atoms with van der Waals surface area (Å²) in [7, 11) is -4.32. The topological polar surface area (TPSA) is 57.2 Å². The van der Waals surface area contributed by atoms with Crippen LogP contribution in [0.25, 0.3) is 0 Å². The zero-order chi connectivity index (χ0) is 12.2. The molecule has 0 heterocycles. The number of fused-ring (bicyclic) bond motifs is 2. The summed E-state index contributed by atoms with van der Waals surface area (Å²) in [6.45, 7) is 2.08. The summed E-state index contributed by atoms with van der Waals surface area (Å²) in [4.78, 5) is 0.142. The Kier molecular flexibility index (Phi) is 2.35. The third kappa shape index (κ3) is 1.54. The first-order valence-corrected chi connectivity index (χ1v) is 7.53. The van der Waals surface area contributed by atoms with Gasteiger partial charge in [-0.1, -0.05) is 0 Å². The minimum absolute atomic E-state index is 0.142. The second kappa shape index (κ2) is 3.56. The van der Waals surface area contributed by atoms with Crippen LogP contribution >= 0.6 is 0 Å². The lowest BCUT2D eigenvalue weighted by Gasteiger charge is -2.20. The van der Waals surface area contributed by atoms with E-state index in [4.69, 9.17) is 0 Å². The average Bonchev–Trinajstić information content (AvgIpc) is 2.83. The highest BCUT2D eigenvalue weighted by molar-refractivity contribution is 7.85. The van der Waals surface area contributed by atoms with Crippen LogP contribution in [0.2, 0.25) is 0 Å². The number of rotatable bonds is 1. The van der Waals surface area contributed by atoms with E-state index in [1.807, 2.05) is 0 Å². The molecular weight excluding hydrogens is 236 g/mol. The van der Waals surface area contributed by atoms with E-state index in [0.29, 0.717) is 0 Å². The standard InChI is InChI=1S/C13H16O3S/c1-8-9-4-2-6-11(9)13(17(14,15)16)12-7-3-5-10(8)12/h2-7H2,1H3,(H,14,15,16)/p-1. The van der Waals surface area contributed by atoms with Crippen LogP contribution in [-0.4, -0.2) is 13.0 Å². The summed E-state index contributed by atoms with van der Waals surface area (Å²) in [5, 5.41) is 0. The second-order valence-electron chi connectivity index (χ2n) is 5.03. The molecule has 0 atom stereocenters. The molecule has 1 aromatic rings. The van der Waals surface area contributed by atoms with Gasteiger partial charge in [0.1, 0.15) is 10.1 Å². The van der Waals surface area contributed by atoms with Crippen LogP contribution in [0.1, 0.15) is 40.7 Å². The molecule has 0 aromatic heterocycles. The first-order valence-electron chi connectivity index (χ1n) is 6.12. The quantitative estimate of drug-likeness (QED) is 0.716. The molecule has 0 N–H and O–H groups in total. The Balaban J connectivity index is 2.43. The van der Waals surface area contributed by atoms with Gasteiger partial charge in [-0.3, -0.25) is 0 Å². The van der Waals surface area contributed by atoms with Gasteiger partial charge in [0.05, 0.1) is 4.90 Å². The van der Waals surface area contributed by atoms with E-state index in [-0.39, 0.29) is 4.90 Å². The largest absolute Gasteiger partial charge is 0.744 e. The molecule has 0 unspecified atom stereocenters. The van der Waals surface area contributed by atoms with Crippen LogP contribution in [0.3, 0.4) is 0 Å². The van der Waals surface area contributed by atoms with E-state index in [1.54, 1.807) is 0 Å². The van der Waals surface area contributed by atoms with Gasteiger partial charge in [-0.2, -0.15) is 0 Å².